The van der Waals surface area contributed by atoms with Gasteiger partial charge in [-0.25, -0.2) is 8.42 Å². The molecule has 1 amide bonds. The molecule has 1 heterocycles. The highest BCUT2D eigenvalue weighted by molar-refractivity contribution is 7.89. The second kappa shape index (κ2) is 7.87. The predicted octanol–water partition coefficient (Wildman–Crippen LogP) is 3.14. The molecular formula is C19H30N2O3S. The van der Waals surface area contributed by atoms with Gasteiger partial charge in [-0.3, -0.25) is 4.79 Å². The van der Waals surface area contributed by atoms with Gasteiger partial charge >= 0.3 is 0 Å². The fourth-order valence-electron chi connectivity index (χ4n) is 3.72. The third-order valence-electron chi connectivity index (χ3n) is 4.91. The molecule has 2 unspecified atom stereocenters. The molecule has 1 saturated heterocycles. The van der Waals surface area contributed by atoms with E-state index in [1.165, 1.54) is 4.31 Å². The number of amides is 1. The lowest BCUT2D eigenvalue weighted by atomic mass is 9.91. The summed E-state index contributed by atoms with van der Waals surface area (Å²) in [5.74, 6) is 0.864. The highest BCUT2D eigenvalue weighted by Gasteiger charge is 2.28. The lowest BCUT2D eigenvalue weighted by Gasteiger charge is -2.35. The predicted molar refractivity (Wildman–Crippen MR) is 100 cm³/mol. The van der Waals surface area contributed by atoms with Gasteiger partial charge in [-0.15, -0.1) is 0 Å². The maximum atomic E-state index is 12.9. The highest BCUT2D eigenvalue weighted by Crippen LogP contribution is 2.25. The Bertz CT molecular complexity index is 716. The van der Waals surface area contributed by atoms with Gasteiger partial charge in [0.1, 0.15) is 0 Å². The van der Waals surface area contributed by atoms with Crippen LogP contribution in [0.15, 0.2) is 23.1 Å². The summed E-state index contributed by atoms with van der Waals surface area (Å²) in [5, 5.41) is 0. The van der Waals surface area contributed by atoms with Crippen LogP contribution in [-0.4, -0.2) is 49.7 Å². The first-order chi connectivity index (χ1) is 11.7. The van der Waals surface area contributed by atoms with E-state index in [1.54, 1.807) is 25.1 Å². The molecule has 25 heavy (non-hydrogen) atoms. The quantitative estimate of drug-likeness (QED) is 0.804. The number of hydrogen-bond acceptors (Lipinski definition) is 3. The topological polar surface area (TPSA) is 57.7 Å². The van der Waals surface area contributed by atoms with E-state index in [9.17, 15) is 13.2 Å². The third-order valence-corrected chi connectivity index (χ3v) is 7.11. The van der Waals surface area contributed by atoms with E-state index in [0.29, 0.717) is 36.1 Å². The Morgan fingerprint density at radius 1 is 1.16 bits per heavy atom. The fourth-order valence-corrected chi connectivity index (χ4v) is 5.43. The molecule has 5 nitrogen and oxygen atoms in total. The largest absolute Gasteiger partial charge is 0.338 e. The molecule has 2 rings (SSSR count). The fraction of sp³-hybridized carbons (Fsp3) is 0.632. The summed E-state index contributed by atoms with van der Waals surface area (Å²) in [6.07, 6.45) is 1.12. The average Bonchev–Trinajstić information content (AvgIpc) is 2.54. The van der Waals surface area contributed by atoms with E-state index in [0.717, 1.165) is 19.5 Å². The van der Waals surface area contributed by atoms with E-state index in [-0.39, 0.29) is 10.8 Å². The molecule has 0 radical (unpaired) electrons. The van der Waals surface area contributed by atoms with Crippen LogP contribution in [0.2, 0.25) is 0 Å². The van der Waals surface area contributed by atoms with Gasteiger partial charge in [-0.1, -0.05) is 33.8 Å². The second-order valence-electron chi connectivity index (χ2n) is 7.23. The summed E-state index contributed by atoms with van der Waals surface area (Å²) in [6, 6.07) is 5.03. The minimum atomic E-state index is -3.58. The Labute approximate surface area is 152 Å². The van der Waals surface area contributed by atoms with Crippen LogP contribution in [0, 0.1) is 18.8 Å². The molecule has 1 aromatic rings. The first-order valence-electron chi connectivity index (χ1n) is 9.10. The van der Waals surface area contributed by atoms with Gasteiger partial charge in [-0.05, 0) is 42.9 Å². The molecule has 0 saturated carbocycles. The van der Waals surface area contributed by atoms with Crippen molar-refractivity contribution in [3.8, 4) is 0 Å². The minimum Gasteiger partial charge on any atom is -0.338 e. The molecule has 1 aliphatic heterocycles. The Hall–Kier alpha value is -1.40. The van der Waals surface area contributed by atoms with Crippen LogP contribution in [-0.2, 0) is 10.0 Å². The summed E-state index contributed by atoms with van der Waals surface area (Å²) in [7, 11) is -3.58. The number of likely N-dealkylation sites (tertiary alicyclic amines) is 1. The van der Waals surface area contributed by atoms with Crippen molar-refractivity contribution in [2.24, 2.45) is 11.8 Å². The zero-order valence-electron chi connectivity index (χ0n) is 15.9. The van der Waals surface area contributed by atoms with Gasteiger partial charge in [0.25, 0.3) is 5.91 Å². The minimum absolute atomic E-state index is 0.0746. The normalized spacial score (nSPS) is 21.6. The molecule has 1 fully saturated rings. The molecule has 0 aromatic heterocycles. The Balaban J connectivity index is 2.37. The first kappa shape index (κ1) is 19.9. The molecule has 2 atom stereocenters. The van der Waals surface area contributed by atoms with Gasteiger partial charge in [0, 0.05) is 31.7 Å². The van der Waals surface area contributed by atoms with E-state index in [1.807, 2.05) is 18.7 Å². The zero-order valence-corrected chi connectivity index (χ0v) is 16.8. The van der Waals surface area contributed by atoms with Crippen molar-refractivity contribution in [3.63, 3.8) is 0 Å². The summed E-state index contributed by atoms with van der Waals surface area (Å²) in [4.78, 5) is 15.0. The van der Waals surface area contributed by atoms with E-state index in [4.69, 9.17) is 0 Å². The smallest absolute Gasteiger partial charge is 0.253 e. The molecular weight excluding hydrogens is 336 g/mol. The van der Waals surface area contributed by atoms with Crippen molar-refractivity contribution >= 4 is 15.9 Å². The van der Waals surface area contributed by atoms with E-state index in [2.05, 4.69) is 13.8 Å². The number of hydrogen-bond donors (Lipinski definition) is 0. The van der Waals surface area contributed by atoms with Crippen molar-refractivity contribution in [1.82, 2.24) is 9.21 Å². The molecule has 140 valence electrons. The van der Waals surface area contributed by atoms with Crippen molar-refractivity contribution in [3.05, 3.63) is 29.3 Å². The standard InChI is InChI=1S/C19H30N2O3S/c1-6-21(7-2)25(23,24)18-11-17(9-8-16(18)5)19(22)20-12-14(3)10-15(4)13-20/h8-9,11,14-15H,6-7,10,12-13H2,1-5H3. The number of piperidine rings is 1. The van der Waals surface area contributed by atoms with Crippen LogP contribution >= 0.6 is 0 Å². The average molecular weight is 367 g/mol. The second-order valence-corrected chi connectivity index (χ2v) is 9.13. The van der Waals surface area contributed by atoms with Crippen LogP contribution in [0.5, 0.6) is 0 Å². The first-order valence-corrected chi connectivity index (χ1v) is 10.5. The Kier molecular flexibility index (Phi) is 6.27. The SMILES string of the molecule is CCN(CC)S(=O)(=O)c1cc(C(=O)N2CC(C)CC(C)C2)ccc1C. The summed E-state index contributed by atoms with van der Waals surface area (Å²) in [6.45, 7) is 12.0. The highest BCUT2D eigenvalue weighted by atomic mass is 32.2. The zero-order chi connectivity index (χ0) is 18.8. The van der Waals surface area contributed by atoms with E-state index < -0.39 is 10.0 Å². The van der Waals surface area contributed by atoms with Crippen LogP contribution in [0.3, 0.4) is 0 Å². The van der Waals surface area contributed by atoms with Gasteiger partial charge in [0.15, 0.2) is 0 Å². The Morgan fingerprint density at radius 2 is 1.72 bits per heavy atom. The maximum absolute atomic E-state index is 12.9. The molecule has 1 aliphatic rings. The van der Waals surface area contributed by atoms with Crippen LogP contribution < -0.4 is 0 Å². The van der Waals surface area contributed by atoms with E-state index >= 15 is 0 Å². The third kappa shape index (κ3) is 4.23. The van der Waals surface area contributed by atoms with Crippen LogP contribution in [0.1, 0.15) is 50.0 Å². The number of sulfonamides is 1. The number of carbonyl (C=O) groups excluding carboxylic acids is 1. The number of nitrogens with zero attached hydrogens (tertiary/aromatic N) is 2. The van der Waals surface area contributed by atoms with Crippen molar-refractivity contribution in [2.75, 3.05) is 26.2 Å². The lowest BCUT2D eigenvalue weighted by molar-refractivity contribution is 0.0623. The van der Waals surface area contributed by atoms with Gasteiger partial charge in [0.05, 0.1) is 4.90 Å². The van der Waals surface area contributed by atoms with Crippen molar-refractivity contribution in [2.45, 2.75) is 45.9 Å². The van der Waals surface area contributed by atoms with Gasteiger partial charge in [0.2, 0.25) is 10.0 Å². The molecule has 1 aromatic carbocycles. The summed E-state index contributed by atoms with van der Waals surface area (Å²) in [5.41, 5.74) is 1.13. The molecule has 0 spiro atoms. The van der Waals surface area contributed by atoms with Crippen molar-refractivity contribution in [1.29, 1.82) is 0 Å². The summed E-state index contributed by atoms with van der Waals surface area (Å²) < 4.78 is 27.2. The van der Waals surface area contributed by atoms with Crippen LogP contribution in [0.25, 0.3) is 0 Å². The number of rotatable bonds is 5. The number of benzene rings is 1. The molecule has 0 N–H and O–H groups in total. The molecule has 0 bridgehead atoms. The number of carbonyl (C=O) groups is 1. The molecule has 0 aliphatic carbocycles. The number of aryl methyl sites for hydroxylation is 1. The Morgan fingerprint density at radius 3 is 2.24 bits per heavy atom. The lowest BCUT2D eigenvalue weighted by Crippen LogP contribution is -2.42. The maximum Gasteiger partial charge on any atom is 0.253 e. The van der Waals surface area contributed by atoms with Gasteiger partial charge in [-0.2, -0.15) is 4.31 Å². The summed E-state index contributed by atoms with van der Waals surface area (Å²) >= 11 is 0. The monoisotopic (exact) mass is 366 g/mol. The molecule has 6 heteroatoms. The van der Waals surface area contributed by atoms with Gasteiger partial charge < -0.3 is 4.90 Å². The van der Waals surface area contributed by atoms with Crippen molar-refractivity contribution < 1.29 is 13.2 Å². The van der Waals surface area contributed by atoms with Crippen LogP contribution in [0.4, 0.5) is 0 Å².